The summed E-state index contributed by atoms with van der Waals surface area (Å²) in [5.41, 5.74) is -18.3. The topological polar surface area (TPSA) is 49.7 Å². The molecule has 0 aromatic heterocycles. The first-order valence-corrected chi connectivity index (χ1v) is 21.2. The van der Waals surface area contributed by atoms with Crippen molar-refractivity contribution in [2.45, 2.75) is 16.9 Å². The Balaban J connectivity index is 0.000000521. The molecular formula is C49H18B2F25O3-. The second kappa shape index (κ2) is 21.4. The first kappa shape index (κ1) is 58.8. The molecule has 1 aliphatic rings. The highest BCUT2D eigenvalue weighted by Gasteiger charge is 2.74. The summed E-state index contributed by atoms with van der Waals surface area (Å²) in [4.78, 5) is 0. The van der Waals surface area contributed by atoms with Gasteiger partial charge in [-0.2, -0.15) is 8.78 Å². The Morgan fingerprint density at radius 3 is 0.848 bits per heavy atom. The van der Waals surface area contributed by atoms with Crippen LogP contribution in [0.25, 0.3) is 0 Å². The summed E-state index contributed by atoms with van der Waals surface area (Å²) in [6.07, 6.45) is -12.8. The van der Waals surface area contributed by atoms with Crippen molar-refractivity contribution in [3.63, 3.8) is 0 Å². The van der Waals surface area contributed by atoms with Gasteiger partial charge >= 0.3 is 7.32 Å². The molecule has 2 atom stereocenters. The van der Waals surface area contributed by atoms with E-state index in [1.165, 1.54) is 0 Å². The normalized spacial score (nSPS) is 15.9. The van der Waals surface area contributed by atoms with Crippen LogP contribution in [0.5, 0.6) is 5.75 Å². The molecule has 0 spiro atoms. The van der Waals surface area contributed by atoms with Gasteiger partial charge in [-0.15, -0.1) is 16.4 Å². The molecule has 8 rings (SSSR count). The predicted octanol–water partition coefficient (Wildman–Crippen LogP) is 12.4. The van der Waals surface area contributed by atoms with Crippen molar-refractivity contribution in [3.8, 4) is 5.75 Å². The predicted molar refractivity (Wildman–Crippen MR) is 226 cm³/mol. The van der Waals surface area contributed by atoms with E-state index in [-0.39, 0.29) is 0 Å². The van der Waals surface area contributed by atoms with Crippen molar-refractivity contribution in [2.24, 2.45) is 0 Å². The molecule has 2 unspecified atom stereocenters. The van der Waals surface area contributed by atoms with Crippen LogP contribution in [0.1, 0.15) is 16.7 Å². The lowest BCUT2D eigenvalue weighted by Gasteiger charge is -2.67. The van der Waals surface area contributed by atoms with E-state index in [1.807, 2.05) is 0 Å². The fourth-order valence-electron chi connectivity index (χ4n) is 10.1. The molecular weight excluding hydrogens is 1130 g/mol. The quantitative estimate of drug-likeness (QED) is 0.0472. The van der Waals surface area contributed by atoms with Crippen molar-refractivity contribution in [3.05, 3.63) is 247 Å². The summed E-state index contributed by atoms with van der Waals surface area (Å²) in [5, 5.41) is 10.5. The molecule has 0 radical (unpaired) electrons. The van der Waals surface area contributed by atoms with Crippen LogP contribution in [0.15, 0.2) is 114 Å². The molecule has 7 aromatic rings. The Bertz CT molecular complexity index is 3280. The fraction of sp³-hybridized carbons (Fsp3) is 0.0612. The van der Waals surface area contributed by atoms with Gasteiger partial charge in [-0.05, 0) is 22.0 Å². The van der Waals surface area contributed by atoms with Gasteiger partial charge in [0.25, 0.3) is 0 Å². The van der Waals surface area contributed by atoms with Crippen LogP contribution in [-0.4, -0.2) is 29.7 Å². The Morgan fingerprint density at radius 1 is 0.354 bits per heavy atom. The van der Waals surface area contributed by atoms with Crippen LogP contribution >= 0.6 is 0 Å². The van der Waals surface area contributed by atoms with Gasteiger partial charge in [0.2, 0.25) is 29.1 Å². The van der Waals surface area contributed by atoms with Crippen molar-refractivity contribution in [1.82, 2.24) is 0 Å². The number of allylic oxidation sites excluding steroid dienone is 4. The minimum atomic E-state index is -7.70. The number of rotatable bonds is 10. The van der Waals surface area contributed by atoms with Crippen LogP contribution in [0.2, 0.25) is 5.31 Å². The van der Waals surface area contributed by atoms with E-state index in [9.17, 15) is 22.0 Å². The van der Waals surface area contributed by atoms with Crippen molar-refractivity contribution >= 4 is 29.9 Å². The van der Waals surface area contributed by atoms with Crippen LogP contribution < -0.4 is 21.0 Å². The monoisotopic (exact) mass is 1150 g/mol. The smallest absolute Gasteiger partial charge is 0.507 e. The lowest BCUT2D eigenvalue weighted by Crippen LogP contribution is -2.84. The van der Waals surface area contributed by atoms with Gasteiger partial charge in [-0.3, -0.25) is 0 Å². The summed E-state index contributed by atoms with van der Waals surface area (Å²) >= 11 is 0. The third kappa shape index (κ3) is 8.29. The maximum absolute atomic E-state index is 18.7. The van der Waals surface area contributed by atoms with Crippen LogP contribution in [-0.2, 0) is 5.41 Å². The maximum atomic E-state index is 18.7. The highest BCUT2D eigenvalue weighted by molar-refractivity contribution is 7.14. The van der Waals surface area contributed by atoms with Crippen molar-refractivity contribution in [2.75, 3.05) is 0 Å². The van der Waals surface area contributed by atoms with Gasteiger partial charge in [0.15, 0.2) is 75.6 Å². The van der Waals surface area contributed by atoms with E-state index in [1.54, 1.807) is 0 Å². The van der Waals surface area contributed by atoms with Gasteiger partial charge in [-0.25, -0.2) is 101 Å². The zero-order chi connectivity index (χ0) is 58.9. The molecule has 414 valence electrons. The third-order valence-corrected chi connectivity index (χ3v) is 12.9. The number of benzene rings is 7. The fourth-order valence-corrected chi connectivity index (χ4v) is 10.1. The molecule has 30 heteroatoms. The largest absolute Gasteiger partial charge is 0.707 e. The van der Waals surface area contributed by atoms with E-state index in [0.717, 1.165) is 54.6 Å². The van der Waals surface area contributed by atoms with Crippen molar-refractivity contribution < 1.29 is 124 Å². The standard InChI is InChI=1S/C43H16BF20.C6H2BF5O3/c45-22-19(23(46)29(52)34(57)28(22)51)44(20-24(47)30(53)35(58)31(54)25(20)48,21-26(49)32(55)36(59)33(56)27(21)50)43(40(63)38(61)37(60)39(62)41(43)64)42(16-10-4-1-5-11-16,17-12-6-2-7-13-17)18-14-8-3-9-15-18;8-1-2(9)4(11)6(15-7(13)14)5(12)3(1)10/h1-15,40H;13-14H/q-1;. The average Bonchev–Trinajstić information content (AvgIpc) is 3.43. The van der Waals surface area contributed by atoms with Gasteiger partial charge in [0.05, 0.1) is 0 Å². The number of hydrogen-bond acceptors (Lipinski definition) is 3. The highest BCUT2D eigenvalue weighted by atomic mass is 19.2. The Morgan fingerprint density at radius 2 is 0.595 bits per heavy atom. The first-order chi connectivity index (χ1) is 37.0. The first-order valence-electron chi connectivity index (χ1n) is 21.2. The van der Waals surface area contributed by atoms with Crippen molar-refractivity contribution in [1.29, 1.82) is 0 Å². The second-order valence-electron chi connectivity index (χ2n) is 16.5. The molecule has 0 saturated heterocycles. The van der Waals surface area contributed by atoms with Gasteiger partial charge in [0.1, 0.15) is 53.0 Å². The molecule has 79 heavy (non-hydrogen) atoms. The molecule has 0 amide bonds. The van der Waals surface area contributed by atoms with Gasteiger partial charge in [-0.1, -0.05) is 91.0 Å². The summed E-state index contributed by atoms with van der Waals surface area (Å²) < 4.78 is 396. The van der Waals surface area contributed by atoms with Crippen LogP contribution in [0.4, 0.5) is 110 Å². The van der Waals surface area contributed by atoms with Gasteiger partial charge < -0.3 is 14.7 Å². The molecule has 1 aliphatic carbocycles. The minimum Gasteiger partial charge on any atom is -0.507 e. The highest BCUT2D eigenvalue weighted by Crippen LogP contribution is 2.71. The van der Waals surface area contributed by atoms with E-state index in [4.69, 9.17) is 10.0 Å². The number of hydrogen-bond donors (Lipinski definition) is 2. The summed E-state index contributed by atoms with van der Waals surface area (Å²) in [5.74, 6) is -81.2. The number of halogens is 25. The molecule has 2 N–H and O–H groups in total. The Kier molecular flexibility index (Phi) is 15.9. The molecule has 7 aromatic carbocycles. The SMILES string of the molecule is FC1=C(F)C(F)C([B-](c2c(F)c(F)c(F)c(F)c2F)(c2c(F)c(F)c(F)c(F)c2F)c2c(F)c(F)c(F)c(F)c2F)(C(c2ccccc2)(c2ccccc2)c2ccccc2)C(F)=C1F.OB(O)Oc1c(F)c(F)c(F)c(F)c1F. The molecule has 0 fully saturated rings. The maximum Gasteiger partial charge on any atom is 0.707 e. The summed E-state index contributed by atoms with van der Waals surface area (Å²) in [6, 6.07) is 11.8. The lowest BCUT2D eigenvalue weighted by atomic mass is 9.01. The van der Waals surface area contributed by atoms with Crippen LogP contribution in [0.3, 0.4) is 0 Å². The Labute approximate surface area is 423 Å². The van der Waals surface area contributed by atoms with E-state index >= 15 is 87.8 Å². The Hall–Kier alpha value is -7.88. The lowest BCUT2D eigenvalue weighted by molar-refractivity contribution is 0.172. The van der Waals surface area contributed by atoms with E-state index in [2.05, 4.69) is 4.65 Å². The average molecular weight is 1150 g/mol. The molecule has 0 aliphatic heterocycles. The van der Waals surface area contributed by atoms with Crippen LogP contribution in [0, 0.1) is 116 Å². The minimum absolute atomic E-state index is 0.614. The molecule has 0 heterocycles. The van der Waals surface area contributed by atoms with E-state index in [0.29, 0.717) is 36.4 Å². The zero-order valence-corrected chi connectivity index (χ0v) is 37.6. The molecule has 0 saturated carbocycles. The van der Waals surface area contributed by atoms with E-state index < -0.39 is 209 Å². The molecule has 3 nitrogen and oxygen atoms in total. The third-order valence-electron chi connectivity index (χ3n) is 12.9. The second-order valence-corrected chi connectivity index (χ2v) is 16.5. The summed E-state index contributed by atoms with van der Waals surface area (Å²) in [7, 11) is -2.70. The molecule has 0 bridgehead atoms. The number of alkyl halides is 1. The van der Waals surface area contributed by atoms with Gasteiger partial charge in [0, 0.05) is 5.41 Å². The summed E-state index contributed by atoms with van der Waals surface area (Å²) in [6.45, 7) is 0. The zero-order valence-electron chi connectivity index (χ0n) is 37.6.